The Hall–Kier alpha value is -1.07. The molecule has 0 saturated carbocycles. The predicted octanol–water partition coefficient (Wildman–Crippen LogP) is 2.95. The van der Waals surface area contributed by atoms with Gasteiger partial charge in [0, 0.05) is 5.56 Å². The quantitative estimate of drug-likeness (QED) is 0.367. The maximum Gasteiger partial charge on any atom is 0.379 e. The van der Waals surface area contributed by atoms with Gasteiger partial charge in [-0.3, -0.25) is 4.79 Å². The first kappa shape index (κ1) is 14.0. The molecule has 1 aromatic carbocycles. The van der Waals surface area contributed by atoms with Gasteiger partial charge < -0.3 is 4.74 Å². The monoisotopic (exact) mass is 276 g/mol. The highest BCUT2D eigenvalue weighted by Crippen LogP contribution is 2.29. The Morgan fingerprint density at radius 3 is 2.59 bits per heavy atom. The zero-order valence-electron chi connectivity index (χ0n) is 9.25. The van der Waals surface area contributed by atoms with Gasteiger partial charge in [-0.2, -0.15) is 0 Å². The smallest absolute Gasteiger partial charge is 0.379 e. The molecule has 3 nitrogen and oxygen atoms in total. The molecular weight excluding hydrogens is 267 g/mol. The SMILES string of the molecule is CCOC(=O)C(=O)c1cc(F)c(SC)c(Cl)c1. The van der Waals surface area contributed by atoms with Crippen molar-refractivity contribution >= 4 is 35.1 Å². The fourth-order valence-corrected chi connectivity index (χ4v) is 2.15. The van der Waals surface area contributed by atoms with Gasteiger partial charge in [0.15, 0.2) is 0 Å². The molecule has 92 valence electrons. The number of carbonyl (C=O) groups excluding carboxylic acids is 2. The topological polar surface area (TPSA) is 43.4 Å². The van der Waals surface area contributed by atoms with Crippen molar-refractivity contribution in [1.82, 2.24) is 0 Å². The maximum absolute atomic E-state index is 13.5. The molecule has 0 unspecified atom stereocenters. The highest BCUT2D eigenvalue weighted by molar-refractivity contribution is 7.98. The molecule has 0 radical (unpaired) electrons. The molecule has 0 fully saturated rings. The van der Waals surface area contributed by atoms with Crippen molar-refractivity contribution < 1.29 is 18.7 Å². The van der Waals surface area contributed by atoms with Crippen molar-refractivity contribution in [1.29, 1.82) is 0 Å². The third kappa shape index (κ3) is 3.20. The lowest BCUT2D eigenvalue weighted by molar-refractivity contribution is -0.137. The van der Waals surface area contributed by atoms with E-state index in [0.29, 0.717) is 0 Å². The third-order valence-electron chi connectivity index (χ3n) is 1.93. The van der Waals surface area contributed by atoms with E-state index in [2.05, 4.69) is 4.74 Å². The molecular formula is C11H10ClFO3S. The molecule has 0 saturated heterocycles. The number of hydrogen-bond acceptors (Lipinski definition) is 4. The number of thioether (sulfide) groups is 1. The largest absolute Gasteiger partial charge is 0.460 e. The minimum Gasteiger partial charge on any atom is -0.460 e. The molecule has 1 aromatic rings. The van der Waals surface area contributed by atoms with Crippen LogP contribution in [0.25, 0.3) is 0 Å². The second-order valence-electron chi connectivity index (χ2n) is 3.02. The minimum absolute atomic E-state index is 0.0870. The van der Waals surface area contributed by atoms with Gasteiger partial charge in [0.2, 0.25) is 0 Å². The Morgan fingerprint density at radius 1 is 1.47 bits per heavy atom. The summed E-state index contributed by atoms with van der Waals surface area (Å²) in [5.41, 5.74) is -0.108. The first-order valence-corrected chi connectivity index (χ1v) is 6.36. The van der Waals surface area contributed by atoms with Crippen molar-refractivity contribution in [2.45, 2.75) is 11.8 Å². The van der Waals surface area contributed by atoms with E-state index in [1.54, 1.807) is 13.2 Å². The molecule has 0 amide bonds. The first-order chi connectivity index (χ1) is 8.01. The van der Waals surface area contributed by atoms with Gasteiger partial charge in [-0.25, -0.2) is 9.18 Å². The Kier molecular flexibility index (Phi) is 4.96. The van der Waals surface area contributed by atoms with Crippen LogP contribution in [0.5, 0.6) is 0 Å². The molecule has 17 heavy (non-hydrogen) atoms. The van der Waals surface area contributed by atoms with E-state index in [0.717, 1.165) is 17.8 Å². The lowest BCUT2D eigenvalue weighted by Gasteiger charge is -2.06. The van der Waals surface area contributed by atoms with Crippen LogP contribution in [0.15, 0.2) is 17.0 Å². The summed E-state index contributed by atoms with van der Waals surface area (Å²) in [6.45, 7) is 1.67. The number of hydrogen-bond donors (Lipinski definition) is 0. The van der Waals surface area contributed by atoms with Gasteiger partial charge in [0.25, 0.3) is 5.78 Å². The van der Waals surface area contributed by atoms with E-state index in [1.165, 1.54) is 6.07 Å². The predicted molar refractivity (Wildman–Crippen MR) is 64.2 cm³/mol. The van der Waals surface area contributed by atoms with Gasteiger partial charge in [0.05, 0.1) is 16.5 Å². The first-order valence-electron chi connectivity index (χ1n) is 4.75. The minimum atomic E-state index is -1.01. The fourth-order valence-electron chi connectivity index (χ4n) is 1.20. The number of rotatable bonds is 4. The lowest BCUT2D eigenvalue weighted by Crippen LogP contribution is -2.17. The fraction of sp³-hybridized carbons (Fsp3) is 0.273. The Bertz CT molecular complexity index is 439. The van der Waals surface area contributed by atoms with Gasteiger partial charge in [0.1, 0.15) is 5.82 Å². The Balaban J connectivity index is 3.08. The highest BCUT2D eigenvalue weighted by atomic mass is 35.5. The summed E-state index contributed by atoms with van der Waals surface area (Å²) < 4.78 is 18.0. The van der Waals surface area contributed by atoms with Crippen LogP contribution < -0.4 is 0 Å². The average molecular weight is 277 g/mol. The number of ether oxygens (including phenoxy) is 1. The second kappa shape index (κ2) is 6.02. The van der Waals surface area contributed by atoms with Gasteiger partial charge in [-0.05, 0) is 25.3 Å². The molecule has 0 aliphatic rings. The van der Waals surface area contributed by atoms with Crippen molar-refractivity contribution in [3.8, 4) is 0 Å². The van der Waals surface area contributed by atoms with E-state index in [9.17, 15) is 14.0 Å². The van der Waals surface area contributed by atoms with E-state index in [-0.39, 0.29) is 22.1 Å². The number of ketones is 1. The molecule has 0 bridgehead atoms. The van der Waals surface area contributed by atoms with Crippen molar-refractivity contribution in [3.05, 3.63) is 28.5 Å². The van der Waals surface area contributed by atoms with Gasteiger partial charge >= 0.3 is 5.97 Å². The zero-order valence-corrected chi connectivity index (χ0v) is 10.8. The van der Waals surface area contributed by atoms with Gasteiger partial charge in [-0.15, -0.1) is 11.8 Å². The van der Waals surface area contributed by atoms with Crippen LogP contribution in [0, 0.1) is 5.82 Å². The summed E-state index contributed by atoms with van der Waals surface area (Å²) in [5.74, 6) is -2.54. The Morgan fingerprint density at radius 2 is 2.12 bits per heavy atom. The molecule has 0 spiro atoms. The number of esters is 1. The van der Waals surface area contributed by atoms with Crippen LogP contribution in [0.1, 0.15) is 17.3 Å². The molecule has 0 atom stereocenters. The van der Waals surface area contributed by atoms with Crippen LogP contribution >= 0.6 is 23.4 Å². The summed E-state index contributed by atoms with van der Waals surface area (Å²) in [4.78, 5) is 23.0. The molecule has 0 heterocycles. The molecule has 0 aliphatic carbocycles. The molecule has 6 heteroatoms. The summed E-state index contributed by atoms with van der Waals surface area (Å²) >= 11 is 6.92. The summed E-state index contributed by atoms with van der Waals surface area (Å²) in [6, 6.07) is 2.24. The maximum atomic E-state index is 13.5. The summed E-state index contributed by atoms with van der Waals surface area (Å²) in [5, 5.41) is 0.102. The Labute approximate surface area is 107 Å². The third-order valence-corrected chi connectivity index (χ3v) is 3.16. The number of benzene rings is 1. The van der Waals surface area contributed by atoms with E-state index < -0.39 is 17.6 Å². The number of Topliss-reactive ketones (excluding diaryl/α,β-unsaturated/α-hetero) is 1. The van der Waals surface area contributed by atoms with Crippen molar-refractivity contribution in [3.63, 3.8) is 0 Å². The van der Waals surface area contributed by atoms with Crippen molar-refractivity contribution in [2.24, 2.45) is 0 Å². The number of halogens is 2. The molecule has 1 rings (SSSR count). The molecule has 0 N–H and O–H groups in total. The van der Waals surface area contributed by atoms with Crippen LogP contribution in [-0.2, 0) is 9.53 Å². The summed E-state index contributed by atoms with van der Waals surface area (Å²) in [6.07, 6.45) is 1.66. The van der Waals surface area contributed by atoms with E-state index in [4.69, 9.17) is 11.6 Å². The normalized spacial score (nSPS) is 10.1. The van der Waals surface area contributed by atoms with Crippen LogP contribution in [-0.4, -0.2) is 24.6 Å². The number of carbonyl (C=O) groups is 2. The second-order valence-corrected chi connectivity index (χ2v) is 4.25. The van der Waals surface area contributed by atoms with Gasteiger partial charge in [-0.1, -0.05) is 11.6 Å². The lowest BCUT2D eigenvalue weighted by atomic mass is 10.1. The standard InChI is InChI=1S/C11H10ClFO3S/c1-3-16-11(15)9(14)6-4-7(12)10(17-2)8(13)5-6/h4-5H,3H2,1-2H3. The zero-order chi connectivity index (χ0) is 13.0. The van der Waals surface area contributed by atoms with Crippen LogP contribution in [0.3, 0.4) is 0 Å². The van der Waals surface area contributed by atoms with E-state index >= 15 is 0 Å². The average Bonchev–Trinajstić information content (AvgIpc) is 2.27. The van der Waals surface area contributed by atoms with Crippen LogP contribution in [0.2, 0.25) is 5.02 Å². The highest BCUT2D eigenvalue weighted by Gasteiger charge is 2.20. The van der Waals surface area contributed by atoms with Crippen LogP contribution in [0.4, 0.5) is 4.39 Å². The van der Waals surface area contributed by atoms with E-state index in [1.807, 2.05) is 0 Å². The molecule has 0 aromatic heterocycles. The van der Waals surface area contributed by atoms with Crippen molar-refractivity contribution in [2.75, 3.05) is 12.9 Å². The summed E-state index contributed by atoms with van der Waals surface area (Å²) in [7, 11) is 0. The molecule has 0 aliphatic heterocycles.